The molecular weight excluding hydrogens is 252 g/mol. The van der Waals surface area contributed by atoms with Crippen molar-refractivity contribution < 1.29 is 29.2 Å². The van der Waals surface area contributed by atoms with Crippen molar-refractivity contribution in [1.29, 1.82) is 0 Å². The lowest BCUT2D eigenvalue weighted by molar-refractivity contribution is -0.122. The summed E-state index contributed by atoms with van der Waals surface area (Å²) in [6, 6.07) is 0. The monoisotopic (exact) mass is 280 g/mol. The summed E-state index contributed by atoms with van der Waals surface area (Å²) in [5.41, 5.74) is 0. The van der Waals surface area contributed by atoms with Crippen LogP contribution in [0.1, 0.15) is 32.6 Å². The summed E-state index contributed by atoms with van der Waals surface area (Å²) in [5.74, 6) is 0. The van der Waals surface area contributed by atoms with Gasteiger partial charge in [0.15, 0.2) is 0 Å². The Kier molecular flexibility index (Phi) is 24.4. The van der Waals surface area contributed by atoms with Gasteiger partial charge in [-0.1, -0.05) is 26.2 Å². The molecule has 0 aromatic heterocycles. The highest BCUT2D eigenvalue weighted by Gasteiger charge is 1.91. The van der Waals surface area contributed by atoms with E-state index in [1.54, 1.807) is 0 Å². The highest BCUT2D eigenvalue weighted by molar-refractivity contribution is 5.32. The molecule has 0 aliphatic heterocycles. The lowest BCUT2D eigenvalue weighted by atomic mass is 10.2. The van der Waals surface area contributed by atoms with Crippen LogP contribution < -0.4 is 0 Å². The topological polar surface area (TPSA) is 85.2 Å². The van der Waals surface area contributed by atoms with Gasteiger partial charge in [-0.25, -0.2) is 0 Å². The van der Waals surface area contributed by atoms with E-state index >= 15 is 0 Å². The summed E-state index contributed by atoms with van der Waals surface area (Å²) < 4.78 is 15.7. The molecule has 0 saturated heterocycles. The molecule has 19 heavy (non-hydrogen) atoms. The number of carboxylic acid groups (broad SMARTS) is 1. The van der Waals surface area contributed by atoms with Crippen molar-refractivity contribution in [2.45, 2.75) is 32.6 Å². The Morgan fingerprint density at radius 2 is 1.32 bits per heavy atom. The van der Waals surface area contributed by atoms with E-state index in [-0.39, 0.29) is 13.1 Å². The molecular formula is C13H28O6. The Hall–Kier alpha value is -0.690. The highest BCUT2D eigenvalue weighted by Crippen LogP contribution is 1.98. The van der Waals surface area contributed by atoms with Crippen LogP contribution in [0.5, 0.6) is 0 Å². The molecule has 0 rings (SSSR count). The average molecular weight is 280 g/mol. The van der Waals surface area contributed by atoms with Gasteiger partial charge in [-0.3, -0.25) is 4.79 Å². The maximum Gasteiger partial charge on any atom is 0.290 e. The van der Waals surface area contributed by atoms with E-state index < -0.39 is 0 Å². The lowest BCUT2D eigenvalue weighted by Crippen LogP contribution is -2.11. The summed E-state index contributed by atoms with van der Waals surface area (Å²) in [6.45, 7) is 5.63. The van der Waals surface area contributed by atoms with Crippen LogP contribution in [0.2, 0.25) is 0 Å². The lowest BCUT2D eigenvalue weighted by Gasteiger charge is -2.06. The van der Waals surface area contributed by atoms with E-state index in [1.165, 1.54) is 19.3 Å². The number of ether oxygens (including phenoxy) is 3. The Bertz CT molecular complexity index is 140. The standard InChI is InChI=1S/C12H26O4.CH2O2/c1-2-3-4-5-7-14-9-11-16-12-10-15-8-6-13;2-1-3/h13H,2-12H2,1H3;1H,(H,2,3). The zero-order chi connectivity index (χ0) is 14.6. The molecule has 0 aromatic carbocycles. The number of aliphatic hydroxyl groups excluding tert-OH is 1. The SMILES string of the molecule is CCCCCCOCCOCCOCCO.O=CO. The maximum atomic E-state index is 8.44. The van der Waals surface area contributed by atoms with Crippen molar-refractivity contribution in [3.05, 3.63) is 0 Å². The Balaban J connectivity index is 0. The van der Waals surface area contributed by atoms with E-state index in [9.17, 15) is 0 Å². The molecule has 0 amide bonds. The van der Waals surface area contributed by atoms with Crippen molar-refractivity contribution in [2.75, 3.05) is 46.2 Å². The normalized spacial score (nSPS) is 9.79. The molecule has 0 unspecified atom stereocenters. The number of unbranched alkanes of at least 4 members (excludes halogenated alkanes) is 3. The molecule has 0 aliphatic carbocycles. The molecule has 0 aromatic rings. The average Bonchev–Trinajstić information content (AvgIpc) is 2.41. The molecule has 0 heterocycles. The van der Waals surface area contributed by atoms with Crippen molar-refractivity contribution in [3.8, 4) is 0 Å². The summed E-state index contributed by atoms with van der Waals surface area (Å²) in [4.78, 5) is 8.36. The third-order valence-corrected chi connectivity index (χ3v) is 2.12. The van der Waals surface area contributed by atoms with E-state index in [1.807, 2.05) is 0 Å². The molecule has 0 bridgehead atoms. The molecule has 0 saturated carbocycles. The molecule has 0 spiro atoms. The van der Waals surface area contributed by atoms with Crippen LogP contribution in [0.3, 0.4) is 0 Å². The van der Waals surface area contributed by atoms with E-state index in [4.69, 9.17) is 29.2 Å². The van der Waals surface area contributed by atoms with Gasteiger partial charge >= 0.3 is 0 Å². The van der Waals surface area contributed by atoms with Crippen LogP contribution in [-0.4, -0.2) is 62.9 Å². The molecule has 2 N–H and O–H groups in total. The van der Waals surface area contributed by atoms with Gasteiger partial charge in [0, 0.05) is 6.61 Å². The number of carbonyl (C=O) groups is 1. The Morgan fingerprint density at radius 3 is 1.79 bits per heavy atom. The zero-order valence-corrected chi connectivity index (χ0v) is 11.9. The summed E-state index contributed by atoms with van der Waals surface area (Å²) in [7, 11) is 0. The molecule has 0 atom stereocenters. The van der Waals surface area contributed by atoms with Crippen molar-refractivity contribution >= 4 is 6.47 Å². The number of rotatable bonds is 13. The first-order chi connectivity index (χ1) is 9.33. The van der Waals surface area contributed by atoms with Gasteiger partial charge in [0.1, 0.15) is 0 Å². The minimum Gasteiger partial charge on any atom is -0.483 e. The van der Waals surface area contributed by atoms with Gasteiger partial charge in [0.2, 0.25) is 0 Å². The number of aliphatic hydroxyl groups is 1. The van der Waals surface area contributed by atoms with Crippen LogP contribution in [0.25, 0.3) is 0 Å². The van der Waals surface area contributed by atoms with Gasteiger partial charge in [0.25, 0.3) is 6.47 Å². The van der Waals surface area contributed by atoms with Crippen molar-refractivity contribution in [3.63, 3.8) is 0 Å². The van der Waals surface area contributed by atoms with E-state index in [0.29, 0.717) is 33.0 Å². The second-order valence-corrected chi connectivity index (χ2v) is 3.73. The smallest absolute Gasteiger partial charge is 0.290 e. The molecule has 0 fully saturated rings. The highest BCUT2D eigenvalue weighted by atomic mass is 16.5. The molecule has 116 valence electrons. The minimum absolute atomic E-state index is 0.0703. The van der Waals surface area contributed by atoms with E-state index in [0.717, 1.165) is 13.0 Å². The number of hydrogen-bond donors (Lipinski definition) is 2. The largest absolute Gasteiger partial charge is 0.483 e. The fourth-order valence-corrected chi connectivity index (χ4v) is 1.24. The van der Waals surface area contributed by atoms with Gasteiger partial charge in [-0.2, -0.15) is 0 Å². The van der Waals surface area contributed by atoms with Crippen LogP contribution in [0.4, 0.5) is 0 Å². The van der Waals surface area contributed by atoms with Crippen LogP contribution >= 0.6 is 0 Å². The van der Waals surface area contributed by atoms with Crippen molar-refractivity contribution in [1.82, 2.24) is 0 Å². The first-order valence-corrected chi connectivity index (χ1v) is 6.75. The van der Waals surface area contributed by atoms with Crippen LogP contribution in [0.15, 0.2) is 0 Å². The predicted molar refractivity (Wildman–Crippen MR) is 72.4 cm³/mol. The second-order valence-electron chi connectivity index (χ2n) is 3.73. The van der Waals surface area contributed by atoms with Crippen LogP contribution in [-0.2, 0) is 19.0 Å². The zero-order valence-electron chi connectivity index (χ0n) is 11.9. The molecule has 6 heteroatoms. The Morgan fingerprint density at radius 1 is 0.842 bits per heavy atom. The minimum atomic E-state index is -0.250. The first-order valence-electron chi connectivity index (χ1n) is 6.75. The summed E-state index contributed by atoms with van der Waals surface area (Å²) in [6.07, 6.45) is 4.96. The quantitative estimate of drug-likeness (QED) is 0.391. The maximum absolute atomic E-state index is 8.44. The second kappa shape index (κ2) is 22.5. The number of hydrogen-bond acceptors (Lipinski definition) is 5. The van der Waals surface area contributed by atoms with Gasteiger partial charge in [-0.05, 0) is 6.42 Å². The summed E-state index contributed by atoms with van der Waals surface area (Å²) >= 11 is 0. The summed E-state index contributed by atoms with van der Waals surface area (Å²) in [5, 5.41) is 15.3. The fourth-order valence-electron chi connectivity index (χ4n) is 1.24. The molecule has 0 radical (unpaired) electrons. The third kappa shape index (κ3) is 26.8. The molecule has 0 aliphatic rings. The first kappa shape index (κ1) is 20.6. The Labute approximate surface area is 115 Å². The van der Waals surface area contributed by atoms with E-state index in [2.05, 4.69) is 6.92 Å². The molecule has 6 nitrogen and oxygen atoms in total. The van der Waals surface area contributed by atoms with Gasteiger partial charge in [0.05, 0.1) is 39.6 Å². The van der Waals surface area contributed by atoms with Crippen LogP contribution in [0, 0.1) is 0 Å². The predicted octanol–water partition coefficient (Wildman–Crippen LogP) is 1.31. The van der Waals surface area contributed by atoms with Crippen molar-refractivity contribution in [2.24, 2.45) is 0 Å². The van der Waals surface area contributed by atoms with Gasteiger partial charge in [-0.15, -0.1) is 0 Å². The fraction of sp³-hybridized carbons (Fsp3) is 0.923. The van der Waals surface area contributed by atoms with Gasteiger partial charge < -0.3 is 24.4 Å². The third-order valence-electron chi connectivity index (χ3n) is 2.12.